The molecule has 0 radical (unpaired) electrons. The van der Waals surface area contributed by atoms with Gasteiger partial charge in [0.15, 0.2) is 0 Å². The molecule has 3 heterocycles. The Balaban J connectivity index is 2.20. The SMILES string of the molecule is CC(C)(C)OC(=O)NC1=N[C@](CF)(c2nc(Br)ccc2F)C[S@@]2(=O)=NCCC[C@]12C. The lowest BCUT2D eigenvalue weighted by atomic mass is 9.95. The van der Waals surface area contributed by atoms with Crippen LogP contribution in [0.4, 0.5) is 13.6 Å². The first kappa shape index (κ1) is 23.1. The molecular weight excluding hydrogens is 482 g/mol. The zero-order valence-electron chi connectivity index (χ0n) is 17.3. The zero-order chi connectivity index (χ0) is 22.4. The van der Waals surface area contributed by atoms with Crippen LogP contribution in [0, 0.1) is 5.82 Å². The van der Waals surface area contributed by atoms with Gasteiger partial charge in [-0.15, -0.1) is 0 Å². The maximum atomic E-state index is 14.7. The van der Waals surface area contributed by atoms with Gasteiger partial charge in [-0.3, -0.25) is 10.3 Å². The number of halogens is 3. The summed E-state index contributed by atoms with van der Waals surface area (Å²) in [5.74, 6) is -1.12. The number of carbonyl (C=O) groups is 1. The van der Waals surface area contributed by atoms with Crippen molar-refractivity contribution in [2.45, 2.75) is 56.4 Å². The fourth-order valence-electron chi connectivity index (χ4n) is 3.65. The number of hydrogen-bond donors (Lipinski definition) is 1. The van der Waals surface area contributed by atoms with Crippen molar-refractivity contribution in [3.05, 3.63) is 28.2 Å². The second kappa shape index (κ2) is 7.81. The van der Waals surface area contributed by atoms with E-state index in [-0.39, 0.29) is 21.9 Å². The van der Waals surface area contributed by atoms with E-state index in [0.29, 0.717) is 19.4 Å². The molecule has 0 bridgehead atoms. The lowest BCUT2D eigenvalue weighted by molar-refractivity contribution is 0.0560. The molecule has 0 saturated heterocycles. The number of alkyl carbamates (subject to hydrolysis) is 1. The van der Waals surface area contributed by atoms with Gasteiger partial charge in [0, 0.05) is 6.54 Å². The molecular formula is C19H25BrF2N4O3S. The highest BCUT2D eigenvalue weighted by Gasteiger charge is 2.55. The smallest absolute Gasteiger partial charge is 0.413 e. The molecule has 1 amide bonds. The normalized spacial score (nSPS) is 31.2. The number of alkyl halides is 1. The Hall–Kier alpha value is -1.62. The largest absolute Gasteiger partial charge is 0.444 e. The molecule has 0 spiro atoms. The van der Waals surface area contributed by atoms with Crippen molar-refractivity contribution in [2.24, 2.45) is 9.36 Å². The summed E-state index contributed by atoms with van der Waals surface area (Å²) in [4.78, 5) is 21.0. The molecule has 2 aliphatic heterocycles. The lowest BCUT2D eigenvalue weighted by Crippen LogP contribution is -2.61. The Morgan fingerprint density at radius 1 is 1.40 bits per heavy atom. The fraction of sp³-hybridized carbons (Fsp3) is 0.632. The zero-order valence-corrected chi connectivity index (χ0v) is 19.7. The van der Waals surface area contributed by atoms with Gasteiger partial charge < -0.3 is 4.74 Å². The Morgan fingerprint density at radius 3 is 2.73 bits per heavy atom. The van der Waals surface area contributed by atoms with Crippen molar-refractivity contribution in [1.29, 1.82) is 0 Å². The van der Waals surface area contributed by atoms with E-state index in [9.17, 15) is 17.8 Å². The number of rotatable bonds is 2. The molecule has 2 aliphatic rings. The molecule has 166 valence electrons. The van der Waals surface area contributed by atoms with E-state index < -0.39 is 44.2 Å². The van der Waals surface area contributed by atoms with Crippen molar-refractivity contribution in [2.75, 3.05) is 19.0 Å². The van der Waals surface area contributed by atoms with Crippen molar-refractivity contribution in [3.63, 3.8) is 0 Å². The number of amidine groups is 1. The predicted octanol–water partition coefficient (Wildman–Crippen LogP) is 4.11. The quantitative estimate of drug-likeness (QED) is 0.610. The van der Waals surface area contributed by atoms with E-state index in [1.54, 1.807) is 27.7 Å². The topological polar surface area (TPSA) is 93.0 Å². The number of carbonyl (C=O) groups excluding carboxylic acids is 1. The molecule has 0 unspecified atom stereocenters. The number of nitrogens with zero attached hydrogens (tertiary/aromatic N) is 3. The summed E-state index contributed by atoms with van der Waals surface area (Å²) in [5.41, 5.74) is -2.95. The van der Waals surface area contributed by atoms with Crippen LogP contribution in [-0.4, -0.2) is 50.4 Å². The average molecular weight is 507 g/mol. The first-order valence-corrected chi connectivity index (χ1v) is 12.0. The van der Waals surface area contributed by atoms with Crippen LogP contribution in [0.5, 0.6) is 0 Å². The van der Waals surface area contributed by atoms with E-state index in [4.69, 9.17) is 4.74 Å². The number of hydrogen-bond acceptors (Lipinski definition) is 6. The van der Waals surface area contributed by atoms with E-state index >= 15 is 0 Å². The monoisotopic (exact) mass is 506 g/mol. The van der Waals surface area contributed by atoms with Gasteiger partial charge in [-0.1, -0.05) is 0 Å². The first-order chi connectivity index (χ1) is 13.8. The van der Waals surface area contributed by atoms with Gasteiger partial charge in [-0.05, 0) is 68.6 Å². The Morgan fingerprint density at radius 2 is 2.10 bits per heavy atom. The summed E-state index contributed by atoms with van der Waals surface area (Å²) in [7, 11) is -3.11. The van der Waals surface area contributed by atoms with Gasteiger partial charge in [0.25, 0.3) is 0 Å². The summed E-state index contributed by atoms with van der Waals surface area (Å²) in [6.07, 6.45) is 0.252. The number of aromatic nitrogens is 1. The first-order valence-electron chi connectivity index (χ1n) is 9.53. The predicted molar refractivity (Wildman–Crippen MR) is 114 cm³/mol. The number of fused-ring (bicyclic) bond motifs is 1. The molecule has 1 aromatic rings. The standard InChI is InChI=1S/C19H25BrF2N4O3S/c1-17(2,3)29-16(27)25-15-18(4)8-5-9-23-30(18,28)11-19(10-21,26-15)14-12(22)6-7-13(20)24-14/h6-7H,5,8-11H2,1-4H3,(H,25,26,27)/t18-,19+,30+/m1/s1. The van der Waals surface area contributed by atoms with Crippen LogP contribution < -0.4 is 5.32 Å². The van der Waals surface area contributed by atoms with Gasteiger partial charge in [-0.25, -0.2) is 27.1 Å². The number of amides is 1. The van der Waals surface area contributed by atoms with Crippen molar-refractivity contribution >= 4 is 37.6 Å². The van der Waals surface area contributed by atoms with Crippen LogP contribution in [0.25, 0.3) is 0 Å². The van der Waals surface area contributed by atoms with E-state index in [2.05, 4.69) is 35.6 Å². The third-order valence-electron chi connectivity index (χ3n) is 5.17. The van der Waals surface area contributed by atoms with Gasteiger partial charge in [0.2, 0.25) is 0 Å². The van der Waals surface area contributed by atoms with Crippen LogP contribution in [0.15, 0.2) is 26.1 Å². The maximum Gasteiger partial charge on any atom is 0.413 e. The highest BCUT2D eigenvalue weighted by Crippen LogP contribution is 2.43. The van der Waals surface area contributed by atoms with Gasteiger partial charge in [-0.2, -0.15) is 0 Å². The Bertz CT molecular complexity index is 1020. The summed E-state index contributed by atoms with van der Waals surface area (Å²) in [6.45, 7) is 5.95. The van der Waals surface area contributed by atoms with Gasteiger partial charge in [0.1, 0.15) is 44.5 Å². The minimum absolute atomic E-state index is 0.0183. The molecule has 3 rings (SSSR count). The van der Waals surface area contributed by atoms with Crippen LogP contribution >= 0.6 is 15.9 Å². The number of ether oxygens (including phenoxy) is 1. The van der Waals surface area contributed by atoms with Crippen LogP contribution in [0.2, 0.25) is 0 Å². The summed E-state index contributed by atoms with van der Waals surface area (Å²) < 4.78 is 52.0. The lowest BCUT2D eigenvalue weighted by Gasteiger charge is -2.45. The number of nitrogens with one attached hydrogen (secondary N) is 1. The van der Waals surface area contributed by atoms with E-state index in [0.717, 1.165) is 6.07 Å². The second-order valence-electron chi connectivity index (χ2n) is 8.69. The molecule has 11 heteroatoms. The van der Waals surface area contributed by atoms with Gasteiger partial charge in [0.05, 0.1) is 15.5 Å². The van der Waals surface area contributed by atoms with Crippen molar-refractivity contribution < 1.29 is 22.5 Å². The molecule has 3 atom stereocenters. The molecule has 0 aliphatic carbocycles. The molecule has 0 fully saturated rings. The molecule has 0 saturated carbocycles. The Labute approximate surface area is 183 Å². The molecule has 0 aromatic carbocycles. The van der Waals surface area contributed by atoms with Crippen LogP contribution in [-0.2, 0) is 20.0 Å². The van der Waals surface area contributed by atoms with Gasteiger partial charge >= 0.3 is 6.09 Å². The van der Waals surface area contributed by atoms with Crippen LogP contribution in [0.3, 0.4) is 0 Å². The highest BCUT2D eigenvalue weighted by molar-refractivity contribution is 9.10. The van der Waals surface area contributed by atoms with Crippen molar-refractivity contribution in [1.82, 2.24) is 10.3 Å². The summed E-state index contributed by atoms with van der Waals surface area (Å²) in [5, 5.41) is 2.55. The van der Waals surface area contributed by atoms with Crippen LogP contribution in [0.1, 0.15) is 46.2 Å². The minimum atomic E-state index is -3.11. The summed E-state index contributed by atoms with van der Waals surface area (Å²) >= 11 is 3.16. The van der Waals surface area contributed by atoms with E-state index in [1.807, 2.05) is 0 Å². The maximum absolute atomic E-state index is 14.7. The number of aliphatic imine (C=N–C) groups is 1. The third-order valence-corrected chi connectivity index (χ3v) is 8.89. The Kier molecular flexibility index (Phi) is 6.00. The molecule has 1 N–H and O–H groups in total. The number of pyridine rings is 1. The minimum Gasteiger partial charge on any atom is -0.444 e. The molecule has 1 aromatic heterocycles. The molecule has 30 heavy (non-hydrogen) atoms. The van der Waals surface area contributed by atoms with E-state index in [1.165, 1.54) is 6.07 Å². The highest BCUT2D eigenvalue weighted by atomic mass is 79.9. The van der Waals surface area contributed by atoms with Crippen molar-refractivity contribution in [3.8, 4) is 0 Å². The molecule has 7 nitrogen and oxygen atoms in total. The average Bonchev–Trinajstić information content (AvgIpc) is 2.63. The second-order valence-corrected chi connectivity index (χ2v) is 12.2. The third kappa shape index (κ3) is 4.10. The fourth-order valence-corrected chi connectivity index (χ4v) is 6.87. The summed E-state index contributed by atoms with van der Waals surface area (Å²) in [6, 6.07) is 2.52.